The van der Waals surface area contributed by atoms with Crippen LogP contribution < -0.4 is 4.74 Å². The van der Waals surface area contributed by atoms with Crippen molar-refractivity contribution in [1.82, 2.24) is 8.87 Å². The lowest BCUT2D eigenvalue weighted by Crippen LogP contribution is -2.34. The van der Waals surface area contributed by atoms with E-state index in [-0.39, 0.29) is 28.9 Å². The average molecular weight is 569 g/mol. The number of rotatable bonds is 8. The molecule has 3 aromatic carbocycles. The summed E-state index contributed by atoms with van der Waals surface area (Å²) in [5.41, 5.74) is 1.31. The monoisotopic (exact) mass is 568 g/mol. The summed E-state index contributed by atoms with van der Waals surface area (Å²) in [6, 6.07) is 17.2. The summed E-state index contributed by atoms with van der Waals surface area (Å²) in [5, 5.41) is 11.7. The molecule has 0 radical (unpaired) electrons. The topological polar surface area (TPSA) is 98.1 Å². The molecular formula is C30H33FN2O6S. The van der Waals surface area contributed by atoms with Gasteiger partial charge in [-0.15, -0.1) is 0 Å². The number of ether oxygens (including phenoxy) is 2. The highest BCUT2D eigenvalue weighted by Crippen LogP contribution is 2.31. The standard InChI is InChI=1S/C30H33FN2O6S/c1-20-6-13-24(14-7-20)40(36,37)32(17-21-8-11-23(38-5)12-9-21)19-28(34)26-18-33(29(35)39-30(2,3)4)27-15-10-22(31)16-25(26)27/h6-16,18,28,34H,17,19H2,1-5H3. The Morgan fingerprint density at radius 2 is 1.70 bits per heavy atom. The van der Waals surface area contributed by atoms with Gasteiger partial charge in [-0.05, 0) is 75.7 Å². The minimum atomic E-state index is -4.06. The smallest absolute Gasteiger partial charge is 0.419 e. The fraction of sp³-hybridized carbons (Fsp3) is 0.300. The van der Waals surface area contributed by atoms with Crippen LogP contribution in [0.5, 0.6) is 5.75 Å². The molecule has 0 aliphatic heterocycles. The van der Waals surface area contributed by atoms with Crippen LogP contribution in [0.3, 0.4) is 0 Å². The van der Waals surface area contributed by atoms with Crippen LogP contribution in [-0.2, 0) is 21.3 Å². The Morgan fingerprint density at radius 1 is 1.05 bits per heavy atom. The Balaban J connectivity index is 1.75. The van der Waals surface area contributed by atoms with Crippen molar-refractivity contribution in [1.29, 1.82) is 0 Å². The van der Waals surface area contributed by atoms with Crippen LogP contribution >= 0.6 is 0 Å². The summed E-state index contributed by atoms with van der Waals surface area (Å²) in [7, 11) is -2.52. The largest absolute Gasteiger partial charge is 0.497 e. The lowest BCUT2D eigenvalue weighted by molar-refractivity contribution is 0.0543. The van der Waals surface area contributed by atoms with Gasteiger partial charge in [0.05, 0.1) is 23.6 Å². The molecule has 212 valence electrons. The Bertz CT molecular complexity index is 1610. The van der Waals surface area contributed by atoms with E-state index < -0.39 is 33.6 Å². The quantitative estimate of drug-likeness (QED) is 0.288. The second-order valence-corrected chi connectivity index (χ2v) is 12.5. The van der Waals surface area contributed by atoms with Crippen molar-refractivity contribution in [2.75, 3.05) is 13.7 Å². The first-order chi connectivity index (χ1) is 18.8. The predicted octanol–water partition coefficient (Wildman–Crippen LogP) is 5.81. The highest BCUT2D eigenvalue weighted by molar-refractivity contribution is 7.89. The van der Waals surface area contributed by atoms with Gasteiger partial charge in [-0.3, -0.25) is 4.57 Å². The van der Waals surface area contributed by atoms with E-state index in [2.05, 4.69) is 0 Å². The number of fused-ring (bicyclic) bond motifs is 1. The molecule has 1 atom stereocenters. The number of nitrogens with zero attached hydrogens (tertiary/aromatic N) is 2. The van der Waals surface area contributed by atoms with E-state index in [1.54, 1.807) is 57.2 Å². The molecule has 0 aliphatic carbocycles. The highest BCUT2D eigenvalue weighted by atomic mass is 32.2. The van der Waals surface area contributed by atoms with E-state index in [1.807, 2.05) is 6.92 Å². The van der Waals surface area contributed by atoms with Crippen LogP contribution in [-0.4, -0.2) is 47.7 Å². The molecule has 1 N–H and O–H groups in total. The molecule has 1 heterocycles. The first-order valence-corrected chi connectivity index (χ1v) is 14.1. The zero-order valence-corrected chi connectivity index (χ0v) is 23.9. The third-order valence-corrected chi connectivity index (χ3v) is 8.13. The molecule has 0 saturated heterocycles. The highest BCUT2D eigenvalue weighted by Gasteiger charge is 2.30. The molecule has 1 aromatic heterocycles. The minimum absolute atomic E-state index is 0.0453. The summed E-state index contributed by atoms with van der Waals surface area (Å²) in [6.07, 6.45) is -0.733. The molecule has 0 amide bonds. The molecular weight excluding hydrogens is 535 g/mol. The van der Waals surface area contributed by atoms with Gasteiger partial charge in [0.2, 0.25) is 10.0 Å². The Kier molecular flexibility index (Phi) is 8.34. The van der Waals surface area contributed by atoms with E-state index in [0.717, 1.165) is 5.56 Å². The fourth-order valence-electron chi connectivity index (χ4n) is 4.29. The third kappa shape index (κ3) is 6.52. The van der Waals surface area contributed by atoms with Gasteiger partial charge in [0.25, 0.3) is 0 Å². The van der Waals surface area contributed by atoms with Gasteiger partial charge in [0.1, 0.15) is 17.2 Å². The summed E-state index contributed by atoms with van der Waals surface area (Å²) in [5.74, 6) is 0.0546. The Hall–Kier alpha value is -3.73. The molecule has 40 heavy (non-hydrogen) atoms. The fourth-order valence-corrected chi connectivity index (χ4v) is 5.72. The molecule has 4 aromatic rings. The molecule has 1 unspecified atom stereocenters. The van der Waals surface area contributed by atoms with Gasteiger partial charge in [0.15, 0.2) is 0 Å². The van der Waals surface area contributed by atoms with Crippen molar-refractivity contribution >= 4 is 27.0 Å². The Labute approximate surface area is 233 Å². The van der Waals surface area contributed by atoms with Crippen LogP contribution in [0.25, 0.3) is 10.9 Å². The number of methoxy groups -OCH3 is 1. The van der Waals surface area contributed by atoms with Crippen LogP contribution in [0.4, 0.5) is 9.18 Å². The summed E-state index contributed by atoms with van der Waals surface area (Å²) in [6.45, 7) is 6.62. The van der Waals surface area contributed by atoms with Gasteiger partial charge in [0, 0.05) is 30.2 Å². The van der Waals surface area contributed by atoms with Gasteiger partial charge in [-0.25, -0.2) is 17.6 Å². The number of halogens is 1. The van der Waals surface area contributed by atoms with E-state index in [4.69, 9.17) is 9.47 Å². The van der Waals surface area contributed by atoms with E-state index in [0.29, 0.717) is 16.8 Å². The Morgan fingerprint density at radius 3 is 2.30 bits per heavy atom. The van der Waals surface area contributed by atoms with Crippen molar-refractivity contribution in [2.45, 2.75) is 50.8 Å². The van der Waals surface area contributed by atoms with Crippen molar-refractivity contribution in [3.05, 3.63) is 95.4 Å². The predicted molar refractivity (Wildman–Crippen MR) is 150 cm³/mol. The van der Waals surface area contributed by atoms with Gasteiger partial charge < -0.3 is 14.6 Å². The molecule has 0 fully saturated rings. The molecule has 0 bridgehead atoms. The molecule has 10 heteroatoms. The third-order valence-electron chi connectivity index (χ3n) is 6.30. The lowest BCUT2D eigenvalue weighted by Gasteiger charge is -2.25. The van der Waals surface area contributed by atoms with Crippen LogP contribution in [0.15, 0.2) is 77.8 Å². The second-order valence-electron chi connectivity index (χ2n) is 10.6. The second kappa shape index (κ2) is 11.4. The molecule has 0 aliphatic rings. The summed E-state index contributed by atoms with van der Waals surface area (Å²) < 4.78 is 54.9. The zero-order valence-electron chi connectivity index (χ0n) is 23.1. The summed E-state index contributed by atoms with van der Waals surface area (Å²) >= 11 is 0. The SMILES string of the molecule is COc1ccc(CN(CC(O)c2cn(C(=O)OC(C)(C)C)c3ccc(F)cc23)S(=O)(=O)c2ccc(C)cc2)cc1. The first-order valence-electron chi connectivity index (χ1n) is 12.7. The van der Waals surface area contributed by atoms with Crippen LogP contribution in [0, 0.1) is 12.7 Å². The van der Waals surface area contributed by atoms with E-state index >= 15 is 0 Å². The normalized spacial score (nSPS) is 13.0. The van der Waals surface area contributed by atoms with Crippen LogP contribution in [0.1, 0.15) is 43.6 Å². The van der Waals surface area contributed by atoms with E-state index in [1.165, 1.54) is 52.5 Å². The number of hydrogen-bond donors (Lipinski definition) is 1. The zero-order chi connectivity index (χ0) is 29.2. The summed E-state index contributed by atoms with van der Waals surface area (Å²) in [4.78, 5) is 13.0. The van der Waals surface area contributed by atoms with Gasteiger partial charge in [-0.1, -0.05) is 29.8 Å². The maximum atomic E-state index is 14.3. The molecule has 0 saturated carbocycles. The van der Waals surface area contributed by atoms with Gasteiger partial charge in [-0.2, -0.15) is 4.31 Å². The van der Waals surface area contributed by atoms with E-state index in [9.17, 15) is 22.7 Å². The minimum Gasteiger partial charge on any atom is -0.497 e. The number of sulfonamides is 1. The number of benzene rings is 3. The van der Waals surface area contributed by atoms with Crippen molar-refractivity contribution in [2.24, 2.45) is 0 Å². The van der Waals surface area contributed by atoms with Crippen molar-refractivity contribution < 1.29 is 32.2 Å². The molecule has 4 rings (SSSR count). The number of carbonyl (C=O) groups is 1. The number of hydrogen-bond acceptors (Lipinski definition) is 6. The number of aliphatic hydroxyl groups is 1. The number of aromatic nitrogens is 1. The lowest BCUT2D eigenvalue weighted by atomic mass is 10.1. The van der Waals surface area contributed by atoms with Crippen molar-refractivity contribution in [3.63, 3.8) is 0 Å². The first kappa shape index (κ1) is 29.3. The maximum absolute atomic E-state index is 14.3. The maximum Gasteiger partial charge on any atom is 0.419 e. The number of aryl methyl sites for hydroxylation is 1. The van der Waals surface area contributed by atoms with Crippen molar-refractivity contribution in [3.8, 4) is 5.75 Å². The number of carbonyl (C=O) groups excluding carboxylic acids is 1. The molecule has 0 spiro atoms. The van der Waals surface area contributed by atoms with Gasteiger partial charge >= 0.3 is 6.09 Å². The van der Waals surface area contributed by atoms with Crippen LogP contribution in [0.2, 0.25) is 0 Å². The number of aliphatic hydroxyl groups excluding tert-OH is 1. The molecule has 8 nitrogen and oxygen atoms in total. The average Bonchev–Trinajstić information content (AvgIpc) is 3.27.